The maximum Gasteiger partial charge on any atom is 0.0934 e. The highest BCUT2D eigenvalue weighted by molar-refractivity contribution is 5.04. The third kappa shape index (κ3) is 3.33. The lowest BCUT2D eigenvalue weighted by molar-refractivity contribution is 0.563. The monoisotopic (exact) mass is 140 g/mol. The van der Waals surface area contributed by atoms with Crippen LogP contribution in [0.4, 0.5) is 0 Å². The molecule has 1 heterocycles. The molecule has 0 saturated carbocycles. The Morgan fingerprint density at radius 1 is 1.40 bits per heavy atom. The van der Waals surface area contributed by atoms with Gasteiger partial charge in [0.1, 0.15) is 0 Å². The van der Waals surface area contributed by atoms with Crippen LogP contribution >= 0.6 is 0 Å². The molecule has 0 radical (unpaired) electrons. The summed E-state index contributed by atoms with van der Waals surface area (Å²) in [5.74, 6) is 0. The fourth-order valence-electron chi connectivity index (χ4n) is 0.724. The van der Waals surface area contributed by atoms with E-state index in [1.807, 2.05) is 19.9 Å². The Hall–Kier alpha value is -0.720. The minimum Gasteiger partial charge on any atom is -0.472 e. The SMILES string of the molecule is CC.CCCc1ccoc1. The highest BCUT2D eigenvalue weighted by Crippen LogP contribution is 2.01. The average Bonchev–Trinajstić information content (AvgIpc) is 2.46. The second kappa shape index (κ2) is 6.40. The molecule has 1 heteroatoms. The van der Waals surface area contributed by atoms with Crippen molar-refractivity contribution in [2.45, 2.75) is 33.6 Å². The van der Waals surface area contributed by atoms with Crippen LogP contribution in [-0.2, 0) is 6.42 Å². The summed E-state index contributed by atoms with van der Waals surface area (Å²) in [5.41, 5.74) is 1.30. The van der Waals surface area contributed by atoms with Crippen molar-refractivity contribution >= 4 is 0 Å². The maximum atomic E-state index is 4.87. The van der Waals surface area contributed by atoms with Gasteiger partial charge in [-0.1, -0.05) is 27.2 Å². The summed E-state index contributed by atoms with van der Waals surface area (Å²) in [4.78, 5) is 0. The van der Waals surface area contributed by atoms with Gasteiger partial charge in [0.15, 0.2) is 0 Å². The Kier molecular flexibility index (Phi) is 5.94. The van der Waals surface area contributed by atoms with Crippen LogP contribution in [0.15, 0.2) is 23.0 Å². The van der Waals surface area contributed by atoms with Gasteiger partial charge in [0, 0.05) is 0 Å². The Balaban J connectivity index is 0.000000371. The minimum absolute atomic E-state index is 1.14. The predicted octanol–water partition coefficient (Wildman–Crippen LogP) is 3.26. The molecule has 0 atom stereocenters. The van der Waals surface area contributed by atoms with Crippen molar-refractivity contribution in [3.05, 3.63) is 24.2 Å². The molecule has 1 aromatic heterocycles. The molecular formula is C9H16O. The molecule has 1 rings (SSSR count). The van der Waals surface area contributed by atoms with Gasteiger partial charge in [-0.05, 0) is 18.1 Å². The number of aryl methyl sites for hydroxylation is 1. The third-order valence-electron chi connectivity index (χ3n) is 1.12. The van der Waals surface area contributed by atoms with Gasteiger partial charge in [0.25, 0.3) is 0 Å². The fourth-order valence-corrected chi connectivity index (χ4v) is 0.724. The second-order valence-corrected chi connectivity index (χ2v) is 1.88. The zero-order valence-electron chi connectivity index (χ0n) is 7.05. The highest BCUT2D eigenvalue weighted by atomic mass is 16.3. The molecule has 0 saturated heterocycles. The lowest BCUT2D eigenvalue weighted by Crippen LogP contribution is -1.73. The Bertz CT molecular complexity index is 130. The van der Waals surface area contributed by atoms with Gasteiger partial charge in [0.05, 0.1) is 12.5 Å². The Labute approximate surface area is 63.1 Å². The molecule has 0 N–H and O–H groups in total. The standard InChI is InChI=1S/C7H10O.C2H6/c1-2-3-7-4-5-8-6-7;1-2/h4-6H,2-3H2,1H3;1-2H3. The first-order chi connectivity index (χ1) is 4.93. The van der Waals surface area contributed by atoms with Gasteiger partial charge < -0.3 is 4.42 Å². The van der Waals surface area contributed by atoms with Crippen LogP contribution in [0.5, 0.6) is 0 Å². The zero-order chi connectivity index (χ0) is 7.82. The molecule has 0 aliphatic rings. The fraction of sp³-hybridized carbons (Fsp3) is 0.556. The van der Waals surface area contributed by atoms with Gasteiger partial charge >= 0.3 is 0 Å². The molecule has 0 spiro atoms. The molecule has 0 aliphatic carbocycles. The maximum absolute atomic E-state index is 4.87. The predicted molar refractivity (Wildman–Crippen MR) is 44.1 cm³/mol. The molecule has 1 nitrogen and oxygen atoms in total. The van der Waals surface area contributed by atoms with Crippen LogP contribution in [-0.4, -0.2) is 0 Å². The Morgan fingerprint density at radius 2 is 2.10 bits per heavy atom. The van der Waals surface area contributed by atoms with Gasteiger partial charge in [0.2, 0.25) is 0 Å². The number of furan rings is 1. The van der Waals surface area contributed by atoms with Crippen LogP contribution < -0.4 is 0 Å². The molecule has 0 aliphatic heterocycles. The van der Waals surface area contributed by atoms with Crippen LogP contribution in [0.3, 0.4) is 0 Å². The van der Waals surface area contributed by atoms with Crippen molar-refractivity contribution < 1.29 is 4.42 Å². The number of hydrogen-bond acceptors (Lipinski definition) is 1. The van der Waals surface area contributed by atoms with Crippen LogP contribution in [0.2, 0.25) is 0 Å². The molecular weight excluding hydrogens is 124 g/mol. The van der Waals surface area contributed by atoms with Crippen LogP contribution in [0, 0.1) is 0 Å². The quantitative estimate of drug-likeness (QED) is 0.614. The summed E-state index contributed by atoms with van der Waals surface area (Å²) < 4.78 is 4.87. The normalized spacial score (nSPS) is 8.30. The van der Waals surface area contributed by atoms with Crippen molar-refractivity contribution in [2.75, 3.05) is 0 Å². The molecule has 10 heavy (non-hydrogen) atoms. The summed E-state index contributed by atoms with van der Waals surface area (Å²) in [5, 5.41) is 0. The van der Waals surface area contributed by atoms with E-state index >= 15 is 0 Å². The second-order valence-electron chi connectivity index (χ2n) is 1.88. The van der Waals surface area contributed by atoms with Gasteiger partial charge in [-0.25, -0.2) is 0 Å². The van der Waals surface area contributed by atoms with Crippen molar-refractivity contribution in [1.82, 2.24) is 0 Å². The van der Waals surface area contributed by atoms with E-state index in [9.17, 15) is 0 Å². The van der Waals surface area contributed by atoms with E-state index < -0.39 is 0 Å². The average molecular weight is 140 g/mol. The van der Waals surface area contributed by atoms with Crippen molar-refractivity contribution in [3.63, 3.8) is 0 Å². The lowest BCUT2D eigenvalue weighted by atomic mass is 10.2. The van der Waals surface area contributed by atoms with Crippen molar-refractivity contribution in [3.8, 4) is 0 Å². The number of rotatable bonds is 2. The smallest absolute Gasteiger partial charge is 0.0934 e. The first kappa shape index (κ1) is 9.28. The summed E-state index contributed by atoms with van der Waals surface area (Å²) in [7, 11) is 0. The topological polar surface area (TPSA) is 13.1 Å². The first-order valence-corrected chi connectivity index (χ1v) is 3.94. The largest absolute Gasteiger partial charge is 0.472 e. The summed E-state index contributed by atoms with van der Waals surface area (Å²) >= 11 is 0. The van der Waals surface area contributed by atoms with Crippen molar-refractivity contribution in [2.24, 2.45) is 0 Å². The van der Waals surface area contributed by atoms with E-state index in [2.05, 4.69) is 6.92 Å². The van der Waals surface area contributed by atoms with Gasteiger partial charge in [-0.3, -0.25) is 0 Å². The van der Waals surface area contributed by atoms with E-state index in [0.29, 0.717) is 0 Å². The summed E-state index contributed by atoms with van der Waals surface area (Å²) in [6.45, 7) is 6.16. The van der Waals surface area contributed by atoms with Crippen molar-refractivity contribution in [1.29, 1.82) is 0 Å². The van der Waals surface area contributed by atoms with Gasteiger partial charge in [-0.2, -0.15) is 0 Å². The number of hydrogen-bond donors (Lipinski definition) is 0. The summed E-state index contributed by atoms with van der Waals surface area (Å²) in [6, 6.07) is 2.00. The first-order valence-electron chi connectivity index (χ1n) is 3.94. The van der Waals surface area contributed by atoms with E-state index in [4.69, 9.17) is 4.42 Å². The van der Waals surface area contributed by atoms with E-state index in [1.165, 1.54) is 12.0 Å². The zero-order valence-corrected chi connectivity index (χ0v) is 7.05. The third-order valence-corrected chi connectivity index (χ3v) is 1.12. The van der Waals surface area contributed by atoms with E-state index in [0.717, 1.165) is 6.42 Å². The van der Waals surface area contributed by atoms with E-state index in [-0.39, 0.29) is 0 Å². The molecule has 1 aromatic rings. The lowest BCUT2D eigenvalue weighted by Gasteiger charge is -1.84. The molecule has 0 unspecified atom stereocenters. The van der Waals surface area contributed by atoms with E-state index in [1.54, 1.807) is 12.5 Å². The molecule has 0 bridgehead atoms. The van der Waals surface area contributed by atoms with Crippen LogP contribution in [0.25, 0.3) is 0 Å². The molecule has 58 valence electrons. The highest BCUT2D eigenvalue weighted by Gasteiger charge is 1.87. The molecule has 0 aromatic carbocycles. The minimum atomic E-state index is 1.14. The molecule has 0 fully saturated rings. The van der Waals surface area contributed by atoms with Crippen LogP contribution in [0.1, 0.15) is 32.8 Å². The Morgan fingerprint density at radius 3 is 2.50 bits per heavy atom. The van der Waals surface area contributed by atoms with Gasteiger partial charge in [-0.15, -0.1) is 0 Å². The molecule has 0 amide bonds. The summed E-state index contributed by atoms with van der Waals surface area (Å²) in [6.07, 6.45) is 5.84.